The number of aryl methyl sites for hydroxylation is 1. The zero-order chi connectivity index (χ0) is 23.0. The number of ether oxygens (including phenoxy) is 2. The van der Waals surface area contributed by atoms with E-state index in [1.807, 2.05) is 31.2 Å². The Balaban J connectivity index is 1.68. The van der Waals surface area contributed by atoms with E-state index in [-0.39, 0.29) is 4.90 Å². The molecule has 0 unspecified atom stereocenters. The fraction of sp³-hybridized carbons (Fsp3) is 0.435. The second-order valence-electron chi connectivity index (χ2n) is 7.80. The molecule has 0 atom stereocenters. The van der Waals surface area contributed by atoms with Gasteiger partial charge in [0.15, 0.2) is 0 Å². The number of carbonyl (C=O) groups is 1. The molecule has 0 bridgehead atoms. The SMILES string of the molecule is COc1ccc(CN(CCCN2CCOCC2)C(=O)NS(=O)(=O)c2ccc(C)cc2)cc1. The molecule has 3 rings (SSSR count). The molecule has 1 heterocycles. The maximum Gasteiger partial charge on any atom is 0.331 e. The molecule has 2 amide bonds. The number of hydrogen-bond acceptors (Lipinski definition) is 6. The van der Waals surface area contributed by atoms with Crippen molar-refractivity contribution in [3.05, 3.63) is 59.7 Å². The maximum absolute atomic E-state index is 13.0. The molecule has 2 aromatic rings. The van der Waals surface area contributed by atoms with Gasteiger partial charge in [0.25, 0.3) is 10.0 Å². The molecule has 0 radical (unpaired) electrons. The molecular formula is C23H31N3O5S. The van der Waals surface area contributed by atoms with Gasteiger partial charge in [0.2, 0.25) is 0 Å². The van der Waals surface area contributed by atoms with E-state index in [4.69, 9.17) is 9.47 Å². The van der Waals surface area contributed by atoms with Gasteiger partial charge in [-0.05, 0) is 43.2 Å². The zero-order valence-corrected chi connectivity index (χ0v) is 19.4. The lowest BCUT2D eigenvalue weighted by Gasteiger charge is -2.28. The molecule has 1 N–H and O–H groups in total. The van der Waals surface area contributed by atoms with Gasteiger partial charge < -0.3 is 14.4 Å². The number of nitrogens with zero attached hydrogens (tertiary/aromatic N) is 2. The molecule has 1 fully saturated rings. The maximum atomic E-state index is 13.0. The van der Waals surface area contributed by atoms with Gasteiger partial charge in [-0.25, -0.2) is 17.9 Å². The topological polar surface area (TPSA) is 88.2 Å². The van der Waals surface area contributed by atoms with E-state index >= 15 is 0 Å². The van der Waals surface area contributed by atoms with Crippen LogP contribution in [-0.4, -0.2) is 70.8 Å². The quantitative estimate of drug-likeness (QED) is 0.618. The van der Waals surface area contributed by atoms with Crippen LogP contribution in [0.2, 0.25) is 0 Å². The van der Waals surface area contributed by atoms with Crippen molar-refractivity contribution in [3.63, 3.8) is 0 Å². The van der Waals surface area contributed by atoms with Crippen LogP contribution < -0.4 is 9.46 Å². The summed E-state index contributed by atoms with van der Waals surface area (Å²) in [5.74, 6) is 0.721. The minimum Gasteiger partial charge on any atom is -0.497 e. The van der Waals surface area contributed by atoms with E-state index in [0.717, 1.165) is 42.9 Å². The average molecular weight is 462 g/mol. The number of carbonyl (C=O) groups excluding carboxylic acids is 1. The fourth-order valence-corrected chi connectivity index (χ4v) is 4.44. The number of nitrogens with one attached hydrogen (secondary N) is 1. The van der Waals surface area contributed by atoms with Gasteiger partial charge in [-0.15, -0.1) is 0 Å². The molecule has 8 nitrogen and oxygen atoms in total. The first kappa shape index (κ1) is 24.0. The molecule has 32 heavy (non-hydrogen) atoms. The highest BCUT2D eigenvalue weighted by Crippen LogP contribution is 2.15. The lowest BCUT2D eigenvalue weighted by molar-refractivity contribution is 0.0364. The lowest BCUT2D eigenvalue weighted by Crippen LogP contribution is -2.44. The van der Waals surface area contributed by atoms with Crippen LogP contribution >= 0.6 is 0 Å². The Morgan fingerprint density at radius 2 is 1.75 bits per heavy atom. The van der Waals surface area contributed by atoms with Crippen molar-refractivity contribution in [3.8, 4) is 5.75 Å². The summed E-state index contributed by atoms with van der Waals surface area (Å²) in [7, 11) is -2.36. The van der Waals surface area contributed by atoms with Crippen LogP contribution in [0, 0.1) is 6.92 Å². The Hall–Kier alpha value is -2.62. The normalized spacial score (nSPS) is 14.7. The van der Waals surface area contributed by atoms with Crippen LogP contribution in [0.3, 0.4) is 0 Å². The highest BCUT2D eigenvalue weighted by atomic mass is 32.2. The summed E-state index contributed by atoms with van der Waals surface area (Å²) in [6, 6.07) is 13.2. The molecule has 174 valence electrons. The van der Waals surface area contributed by atoms with Crippen LogP contribution in [0.15, 0.2) is 53.4 Å². The molecule has 9 heteroatoms. The van der Waals surface area contributed by atoms with Crippen molar-refractivity contribution in [1.82, 2.24) is 14.5 Å². The number of morpholine rings is 1. The Labute approximate surface area is 190 Å². The van der Waals surface area contributed by atoms with Gasteiger partial charge >= 0.3 is 6.03 Å². The van der Waals surface area contributed by atoms with Gasteiger partial charge in [-0.3, -0.25) is 4.90 Å². The van der Waals surface area contributed by atoms with E-state index in [1.54, 1.807) is 19.2 Å². The first-order chi connectivity index (χ1) is 15.4. The summed E-state index contributed by atoms with van der Waals surface area (Å²) >= 11 is 0. The van der Waals surface area contributed by atoms with Gasteiger partial charge in [0.05, 0.1) is 25.2 Å². The number of benzene rings is 2. The molecule has 2 aromatic carbocycles. The first-order valence-electron chi connectivity index (χ1n) is 10.7. The third-order valence-electron chi connectivity index (χ3n) is 5.38. The van der Waals surface area contributed by atoms with Crippen LogP contribution in [0.25, 0.3) is 0 Å². The number of urea groups is 1. The van der Waals surface area contributed by atoms with Crippen molar-refractivity contribution >= 4 is 16.1 Å². The summed E-state index contributed by atoms with van der Waals surface area (Å²) in [6.07, 6.45) is 0.730. The molecule has 1 aliphatic rings. The molecule has 1 aliphatic heterocycles. The number of sulfonamides is 1. The van der Waals surface area contributed by atoms with Gasteiger partial charge in [0, 0.05) is 32.7 Å². The standard InChI is InChI=1S/C23H31N3O5S/c1-19-4-10-22(11-5-19)32(28,29)24-23(27)26(13-3-12-25-14-16-31-17-15-25)18-20-6-8-21(30-2)9-7-20/h4-11H,3,12-18H2,1-2H3,(H,24,27). The van der Waals surface area contributed by atoms with Crippen LogP contribution in [-0.2, 0) is 21.3 Å². The number of amides is 2. The highest BCUT2D eigenvalue weighted by Gasteiger charge is 2.22. The third kappa shape index (κ3) is 6.94. The summed E-state index contributed by atoms with van der Waals surface area (Å²) in [5, 5.41) is 0. The molecule has 0 spiro atoms. The Morgan fingerprint density at radius 3 is 2.38 bits per heavy atom. The van der Waals surface area contributed by atoms with E-state index in [9.17, 15) is 13.2 Å². The summed E-state index contributed by atoms with van der Waals surface area (Å²) < 4.78 is 38.2. The third-order valence-corrected chi connectivity index (χ3v) is 6.71. The highest BCUT2D eigenvalue weighted by molar-refractivity contribution is 7.90. The van der Waals surface area contributed by atoms with Crippen LogP contribution in [0.5, 0.6) is 5.75 Å². The predicted molar refractivity (Wildman–Crippen MR) is 122 cm³/mol. The van der Waals surface area contributed by atoms with E-state index in [2.05, 4.69) is 9.62 Å². The molecular weight excluding hydrogens is 430 g/mol. The Kier molecular flexibility index (Phi) is 8.49. The van der Waals surface area contributed by atoms with Gasteiger partial charge in [0.1, 0.15) is 5.75 Å². The fourth-order valence-electron chi connectivity index (χ4n) is 3.47. The van der Waals surface area contributed by atoms with Crippen molar-refractivity contribution in [2.75, 3.05) is 46.5 Å². The second-order valence-corrected chi connectivity index (χ2v) is 9.48. The molecule has 1 saturated heterocycles. The predicted octanol–water partition coefficient (Wildman–Crippen LogP) is 2.63. The van der Waals surface area contributed by atoms with E-state index < -0.39 is 16.1 Å². The molecule has 0 aliphatic carbocycles. The second kappa shape index (κ2) is 11.3. The number of hydrogen-bond donors (Lipinski definition) is 1. The zero-order valence-electron chi connectivity index (χ0n) is 18.6. The van der Waals surface area contributed by atoms with Crippen molar-refractivity contribution in [1.29, 1.82) is 0 Å². The smallest absolute Gasteiger partial charge is 0.331 e. The van der Waals surface area contributed by atoms with Crippen molar-refractivity contribution in [2.45, 2.75) is 24.8 Å². The van der Waals surface area contributed by atoms with E-state index in [0.29, 0.717) is 26.3 Å². The largest absolute Gasteiger partial charge is 0.497 e. The van der Waals surface area contributed by atoms with E-state index in [1.165, 1.54) is 17.0 Å². The monoisotopic (exact) mass is 461 g/mol. The summed E-state index contributed by atoms with van der Waals surface area (Å²) in [4.78, 5) is 16.9. The first-order valence-corrected chi connectivity index (χ1v) is 12.2. The Morgan fingerprint density at radius 1 is 1.09 bits per heavy atom. The average Bonchev–Trinajstić information content (AvgIpc) is 2.79. The summed E-state index contributed by atoms with van der Waals surface area (Å²) in [6.45, 7) is 6.58. The number of methoxy groups -OCH3 is 1. The van der Waals surface area contributed by atoms with Crippen LogP contribution in [0.1, 0.15) is 17.5 Å². The molecule has 0 saturated carbocycles. The van der Waals surface area contributed by atoms with Gasteiger partial charge in [-0.2, -0.15) is 0 Å². The van der Waals surface area contributed by atoms with Crippen LogP contribution in [0.4, 0.5) is 4.79 Å². The number of rotatable bonds is 9. The van der Waals surface area contributed by atoms with Crippen molar-refractivity contribution in [2.24, 2.45) is 0 Å². The molecule has 0 aromatic heterocycles. The van der Waals surface area contributed by atoms with Gasteiger partial charge in [-0.1, -0.05) is 29.8 Å². The Bertz CT molecular complexity index is 972. The minimum atomic E-state index is -3.96. The minimum absolute atomic E-state index is 0.0640. The lowest BCUT2D eigenvalue weighted by atomic mass is 10.2. The van der Waals surface area contributed by atoms with Crippen molar-refractivity contribution < 1.29 is 22.7 Å². The summed E-state index contributed by atoms with van der Waals surface area (Å²) in [5.41, 5.74) is 1.83.